The number of alkyl halides is 3. The largest absolute Gasteiger partial charge is 0.507 e. The number of nitrogens with zero attached hydrogens (tertiary/aromatic N) is 2. The number of nitrogens with one attached hydrogen (secondary N) is 1. The molecule has 2 aromatic rings. The minimum Gasteiger partial charge on any atom is -0.507 e. The maximum atomic E-state index is 13.3. The average Bonchev–Trinajstić information content (AvgIpc) is 3.01. The first-order chi connectivity index (χ1) is 21.4. The number of halogens is 4. The van der Waals surface area contributed by atoms with Crippen LogP contribution in [-0.4, -0.2) is 90.0 Å². The van der Waals surface area contributed by atoms with E-state index in [0.29, 0.717) is 92.0 Å². The van der Waals surface area contributed by atoms with Crippen LogP contribution in [0.1, 0.15) is 59.3 Å². The van der Waals surface area contributed by atoms with Gasteiger partial charge in [0.15, 0.2) is 6.29 Å². The van der Waals surface area contributed by atoms with Gasteiger partial charge in [0.2, 0.25) is 0 Å². The molecular formula is C32H47ClF3N3O6. The summed E-state index contributed by atoms with van der Waals surface area (Å²) in [7, 11) is 6.45. The number of aryl methyl sites for hydroxylation is 1. The summed E-state index contributed by atoms with van der Waals surface area (Å²) in [6.07, 6.45) is -1.53. The number of hydrogen-bond donors (Lipinski definition) is 2. The maximum Gasteiger partial charge on any atom is 0.416 e. The molecule has 0 bridgehead atoms. The van der Waals surface area contributed by atoms with Gasteiger partial charge in [-0.1, -0.05) is 24.9 Å². The second-order valence-electron chi connectivity index (χ2n) is 10.1. The maximum absolute atomic E-state index is 13.3. The fourth-order valence-electron chi connectivity index (χ4n) is 4.17. The van der Waals surface area contributed by atoms with E-state index in [4.69, 9.17) is 30.5 Å². The van der Waals surface area contributed by atoms with Gasteiger partial charge in [-0.2, -0.15) is 13.2 Å². The molecule has 0 fully saturated rings. The number of anilines is 1. The van der Waals surface area contributed by atoms with Gasteiger partial charge in [0.25, 0.3) is 0 Å². The van der Waals surface area contributed by atoms with Gasteiger partial charge in [0.1, 0.15) is 5.75 Å². The molecule has 0 saturated heterocycles. The zero-order valence-electron chi connectivity index (χ0n) is 27.1. The summed E-state index contributed by atoms with van der Waals surface area (Å²) in [6, 6.07) is 5.48. The smallest absolute Gasteiger partial charge is 0.416 e. The number of ether oxygens (including phenoxy) is 4. The van der Waals surface area contributed by atoms with Crippen molar-refractivity contribution in [2.45, 2.75) is 52.4 Å². The average molecular weight is 662 g/mol. The predicted octanol–water partition coefficient (Wildman–Crippen LogP) is 6.62. The zero-order valence-corrected chi connectivity index (χ0v) is 27.8. The van der Waals surface area contributed by atoms with Gasteiger partial charge in [0, 0.05) is 69.8 Å². The Kier molecular flexibility index (Phi) is 19.6. The molecule has 0 aliphatic carbocycles. The summed E-state index contributed by atoms with van der Waals surface area (Å²) in [5.74, 6) is 0.611. The van der Waals surface area contributed by atoms with Crippen LogP contribution in [0.25, 0.3) is 0 Å². The zero-order chi connectivity index (χ0) is 33.8. The molecular weight excluding hydrogens is 615 g/mol. The number of carbonyl (C=O) groups is 1. The van der Waals surface area contributed by atoms with Crippen molar-refractivity contribution < 1.29 is 42.0 Å². The molecule has 2 aromatic carbocycles. The number of aldehydes is 1. The Morgan fingerprint density at radius 3 is 2.16 bits per heavy atom. The van der Waals surface area contributed by atoms with Crippen molar-refractivity contribution in [3.05, 3.63) is 57.1 Å². The first-order valence-corrected chi connectivity index (χ1v) is 15.0. The summed E-state index contributed by atoms with van der Waals surface area (Å²) in [5.41, 5.74) is 1.92. The number of aliphatic imine (C=N–C) groups is 1. The van der Waals surface area contributed by atoms with Crippen molar-refractivity contribution in [3.63, 3.8) is 0 Å². The summed E-state index contributed by atoms with van der Waals surface area (Å²) < 4.78 is 60.3. The molecule has 254 valence electrons. The normalized spacial score (nSPS) is 11.8. The lowest BCUT2D eigenvalue weighted by Gasteiger charge is -2.22. The van der Waals surface area contributed by atoms with E-state index < -0.39 is 11.7 Å². The topological polar surface area (TPSA) is 102 Å². The highest BCUT2D eigenvalue weighted by molar-refractivity contribution is 6.31. The highest BCUT2D eigenvalue weighted by Gasteiger charge is 2.32. The lowest BCUT2D eigenvalue weighted by molar-refractivity contribution is -0.137. The third-order valence-electron chi connectivity index (χ3n) is 6.69. The van der Waals surface area contributed by atoms with E-state index in [9.17, 15) is 23.1 Å². The first-order valence-electron chi connectivity index (χ1n) is 14.6. The third kappa shape index (κ3) is 14.9. The number of phenols is 1. The molecule has 0 atom stereocenters. The first kappa shape index (κ1) is 40.3. The number of phenolic OH excluding ortho intramolecular Hbond substituents is 1. The van der Waals surface area contributed by atoms with E-state index in [1.165, 1.54) is 12.1 Å². The Labute approximate surface area is 269 Å². The Hall–Kier alpha value is -2.74. The number of rotatable bonds is 18. The molecule has 0 aliphatic heterocycles. The molecule has 0 saturated carbocycles. The molecule has 0 aromatic heterocycles. The lowest BCUT2D eigenvalue weighted by Crippen LogP contribution is -2.30. The number of methoxy groups -OCH3 is 3. The number of aromatic hydroxyl groups is 1. The molecule has 13 heteroatoms. The highest BCUT2D eigenvalue weighted by Crippen LogP contribution is 2.35. The minimum absolute atomic E-state index is 0.0239. The molecule has 0 aliphatic rings. The molecule has 2 rings (SSSR count). The Balaban J connectivity index is 0.000000461. The third-order valence-corrected chi connectivity index (χ3v) is 6.90. The van der Waals surface area contributed by atoms with Gasteiger partial charge < -0.3 is 29.4 Å². The Morgan fingerprint density at radius 1 is 1.00 bits per heavy atom. The molecule has 2 N–H and O–H groups in total. The van der Waals surface area contributed by atoms with E-state index in [0.717, 1.165) is 18.9 Å². The van der Waals surface area contributed by atoms with E-state index in [-0.39, 0.29) is 17.9 Å². The molecule has 0 spiro atoms. The predicted molar refractivity (Wildman–Crippen MR) is 172 cm³/mol. The number of carbonyl (C=O) groups excluding carboxylic acids is 1. The monoisotopic (exact) mass is 661 g/mol. The van der Waals surface area contributed by atoms with Gasteiger partial charge in [-0.25, -0.2) is 0 Å². The summed E-state index contributed by atoms with van der Waals surface area (Å²) in [6.45, 7) is 7.58. The van der Waals surface area contributed by atoms with Crippen LogP contribution in [0, 0.1) is 0 Å². The Morgan fingerprint density at radius 2 is 1.62 bits per heavy atom. The van der Waals surface area contributed by atoms with E-state index >= 15 is 0 Å². The number of benzene rings is 2. The van der Waals surface area contributed by atoms with E-state index in [1.54, 1.807) is 41.4 Å². The Bertz CT molecular complexity index is 1190. The van der Waals surface area contributed by atoms with Gasteiger partial charge in [-0.3, -0.25) is 14.7 Å². The fourth-order valence-corrected chi connectivity index (χ4v) is 4.42. The van der Waals surface area contributed by atoms with Gasteiger partial charge in [0.05, 0.1) is 50.0 Å². The van der Waals surface area contributed by atoms with Crippen LogP contribution < -0.4 is 5.32 Å². The molecule has 0 unspecified atom stereocenters. The summed E-state index contributed by atoms with van der Waals surface area (Å²) >= 11 is 5.95. The molecule has 0 heterocycles. The minimum atomic E-state index is -4.39. The van der Waals surface area contributed by atoms with Crippen LogP contribution in [0.15, 0.2) is 29.3 Å². The molecule has 0 amide bonds. The lowest BCUT2D eigenvalue weighted by atomic mass is 9.98. The molecule has 9 nitrogen and oxygen atoms in total. The van der Waals surface area contributed by atoms with Crippen molar-refractivity contribution in [2.24, 2.45) is 4.99 Å². The van der Waals surface area contributed by atoms with Crippen LogP contribution in [0.5, 0.6) is 5.75 Å². The second-order valence-corrected chi connectivity index (χ2v) is 10.6. The van der Waals surface area contributed by atoms with Gasteiger partial charge in [-0.15, -0.1) is 0 Å². The van der Waals surface area contributed by atoms with Gasteiger partial charge in [-0.05, 0) is 49.6 Å². The number of unbranched alkanes of at least 4 members (excludes halogenated alkanes) is 1. The van der Waals surface area contributed by atoms with Crippen LogP contribution in [0.4, 0.5) is 18.9 Å². The van der Waals surface area contributed by atoms with E-state index in [2.05, 4.69) is 15.2 Å². The summed E-state index contributed by atoms with van der Waals surface area (Å²) in [5, 5.41) is 13.6. The van der Waals surface area contributed by atoms with Crippen molar-refractivity contribution >= 4 is 29.4 Å². The molecule has 45 heavy (non-hydrogen) atoms. The van der Waals surface area contributed by atoms with E-state index in [1.807, 2.05) is 6.92 Å². The van der Waals surface area contributed by atoms with Crippen molar-refractivity contribution in [2.75, 3.05) is 73.2 Å². The van der Waals surface area contributed by atoms with Crippen LogP contribution in [-0.2, 0) is 44.7 Å². The number of amidine groups is 1. The van der Waals surface area contributed by atoms with Gasteiger partial charge >= 0.3 is 6.18 Å². The highest BCUT2D eigenvalue weighted by atomic mass is 35.5. The standard InChI is InChI=1S/C18H27F3N2O2.C14H20ClNO4/c1-5-6-7-14-10-16(18(19,20)21)11-15(12-25-9-8-24-4)17(14)23-13(2)22-3;1-19-5-3-16(4-6-20-2)9-11-7-13(15)8-12(10-17)14(11)18/h10-11H,5-9,12H2,1-4H3,(H,22,23);7-8,10,18H,3-6,9H2,1-2H3. The van der Waals surface area contributed by atoms with Crippen molar-refractivity contribution in [1.82, 2.24) is 4.90 Å². The fraction of sp³-hybridized carbons (Fsp3) is 0.562. The van der Waals surface area contributed by atoms with Crippen LogP contribution in [0.3, 0.4) is 0 Å². The summed E-state index contributed by atoms with van der Waals surface area (Å²) in [4.78, 5) is 17.0. The van der Waals surface area contributed by atoms with Crippen molar-refractivity contribution in [3.8, 4) is 5.75 Å². The van der Waals surface area contributed by atoms with Crippen LogP contribution >= 0.6 is 11.6 Å². The van der Waals surface area contributed by atoms with Crippen molar-refractivity contribution in [1.29, 1.82) is 0 Å². The second kappa shape index (κ2) is 21.9. The quantitative estimate of drug-likeness (QED) is 0.0795. The SMILES string of the molecule is CCCCc1cc(C(F)(F)F)cc(COCCOC)c1NC(C)=NC.COCCN(CCOC)Cc1cc(Cl)cc(C=O)c1O. The van der Waals surface area contributed by atoms with Crippen LogP contribution in [0.2, 0.25) is 5.02 Å². The number of hydrogen-bond acceptors (Lipinski definition) is 8. The molecule has 0 radical (unpaired) electrons.